The lowest BCUT2D eigenvalue weighted by molar-refractivity contribution is -0.159. The molecule has 0 amide bonds. The van der Waals surface area contributed by atoms with Crippen molar-refractivity contribution in [1.29, 1.82) is 0 Å². The third kappa shape index (κ3) is 2.95. The van der Waals surface area contributed by atoms with Gasteiger partial charge < -0.3 is 24.7 Å². The van der Waals surface area contributed by atoms with Gasteiger partial charge in [-0.15, -0.1) is 0 Å². The van der Waals surface area contributed by atoms with Gasteiger partial charge in [-0.2, -0.15) is 0 Å². The van der Waals surface area contributed by atoms with Crippen LogP contribution in [0.25, 0.3) is 10.9 Å². The maximum Gasteiger partial charge on any atom is 0.340 e. The molecule has 0 radical (unpaired) electrons. The van der Waals surface area contributed by atoms with E-state index in [4.69, 9.17) is 0 Å². The molecular weight excluding hydrogens is 290 g/mol. The molecule has 1 aromatic heterocycles. The van der Waals surface area contributed by atoms with E-state index in [1.54, 1.807) is 19.1 Å². The molecule has 0 aliphatic carbocycles. The number of fused-ring (bicyclic) bond motifs is 1. The summed E-state index contributed by atoms with van der Waals surface area (Å²) >= 11 is 0. The van der Waals surface area contributed by atoms with Gasteiger partial charge in [-0.3, -0.25) is 0 Å². The fourth-order valence-corrected chi connectivity index (χ4v) is 2.14. The van der Waals surface area contributed by atoms with Crippen molar-refractivity contribution >= 4 is 22.8 Å². The van der Waals surface area contributed by atoms with Gasteiger partial charge in [-0.25, -0.2) is 9.59 Å². The highest BCUT2D eigenvalue weighted by atomic mass is 16.5. The van der Waals surface area contributed by atoms with Crippen molar-refractivity contribution < 1.29 is 29.3 Å². The van der Waals surface area contributed by atoms with E-state index < -0.39 is 24.1 Å². The molecule has 118 valence electrons. The molecule has 22 heavy (non-hydrogen) atoms. The number of carbonyl (C=O) groups excluding carboxylic acids is 2. The van der Waals surface area contributed by atoms with Crippen LogP contribution in [0.5, 0.6) is 0 Å². The molecule has 2 rings (SSSR count). The number of carbonyl (C=O) groups is 2. The first-order valence-electron chi connectivity index (χ1n) is 6.71. The number of methoxy groups -OCH3 is 1. The van der Waals surface area contributed by atoms with Crippen LogP contribution in [0.1, 0.15) is 28.9 Å². The molecule has 2 atom stereocenters. The van der Waals surface area contributed by atoms with Crippen LogP contribution in [0, 0.1) is 0 Å². The number of rotatable bonds is 5. The van der Waals surface area contributed by atoms with Crippen LogP contribution < -0.4 is 0 Å². The third-order valence-corrected chi connectivity index (χ3v) is 3.28. The van der Waals surface area contributed by atoms with Crippen LogP contribution in [-0.2, 0) is 14.3 Å². The lowest BCUT2D eigenvalue weighted by Gasteiger charge is -2.16. The average Bonchev–Trinajstić information content (AvgIpc) is 2.95. The van der Waals surface area contributed by atoms with Crippen LogP contribution in [-0.4, -0.2) is 47.0 Å². The second-order valence-corrected chi connectivity index (χ2v) is 4.64. The van der Waals surface area contributed by atoms with Crippen molar-refractivity contribution in [2.75, 3.05) is 13.7 Å². The van der Waals surface area contributed by atoms with Crippen LogP contribution in [0.15, 0.2) is 24.4 Å². The molecule has 0 aliphatic rings. The molecule has 0 fully saturated rings. The zero-order chi connectivity index (χ0) is 16.3. The zero-order valence-electron chi connectivity index (χ0n) is 12.2. The normalized spacial score (nSPS) is 13.6. The molecular formula is C15H17NO6. The monoisotopic (exact) mass is 307 g/mol. The predicted octanol–water partition coefficient (Wildman–Crippen LogP) is 0.912. The van der Waals surface area contributed by atoms with Crippen LogP contribution in [0.2, 0.25) is 0 Å². The van der Waals surface area contributed by atoms with Gasteiger partial charge >= 0.3 is 11.9 Å². The zero-order valence-corrected chi connectivity index (χ0v) is 12.2. The maximum absolute atomic E-state index is 11.7. The Balaban J connectivity index is 2.35. The topological polar surface area (TPSA) is 109 Å². The van der Waals surface area contributed by atoms with E-state index in [0.717, 1.165) is 0 Å². The number of hydrogen-bond acceptors (Lipinski definition) is 6. The van der Waals surface area contributed by atoms with Crippen molar-refractivity contribution in [3.05, 3.63) is 35.5 Å². The van der Waals surface area contributed by atoms with Crippen molar-refractivity contribution in [2.45, 2.75) is 19.1 Å². The molecule has 0 saturated heterocycles. The minimum atomic E-state index is -1.70. The summed E-state index contributed by atoms with van der Waals surface area (Å²) in [5.41, 5.74) is 1.26. The summed E-state index contributed by atoms with van der Waals surface area (Å²) in [5, 5.41) is 20.4. The Labute approximate surface area is 126 Å². The Kier molecular flexibility index (Phi) is 4.79. The van der Waals surface area contributed by atoms with Crippen molar-refractivity contribution in [2.24, 2.45) is 0 Å². The van der Waals surface area contributed by atoms with E-state index in [1.807, 2.05) is 0 Å². The Bertz CT molecular complexity index is 692. The summed E-state index contributed by atoms with van der Waals surface area (Å²) in [7, 11) is 1.27. The van der Waals surface area contributed by atoms with Gasteiger partial charge in [-0.1, -0.05) is 6.07 Å². The fourth-order valence-electron chi connectivity index (χ4n) is 2.14. The number of esters is 2. The second-order valence-electron chi connectivity index (χ2n) is 4.64. The minimum Gasteiger partial charge on any atom is -0.465 e. The molecule has 7 nitrogen and oxygen atoms in total. The Morgan fingerprint density at radius 2 is 2.05 bits per heavy atom. The van der Waals surface area contributed by atoms with E-state index in [1.165, 1.54) is 19.4 Å². The highest BCUT2D eigenvalue weighted by molar-refractivity contribution is 6.04. The lowest BCUT2D eigenvalue weighted by Crippen LogP contribution is -2.29. The number of ether oxygens (including phenoxy) is 2. The molecule has 3 N–H and O–H groups in total. The van der Waals surface area contributed by atoms with Gasteiger partial charge in [-0.05, 0) is 24.6 Å². The number of aliphatic hydroxyl groups excluding tert-OH is 2. The summed E-state index contributed by atoms with van der Waals surface area (Å²) in [6.07, 6.45) is -1.66. The van der Waals surface area contributed by atoms with Crippen molar-refractivity contribution in [3.63, 3.8) is 0 Å². The molecule has 0 spiro atoms. The van der Waals surface area contributed by atoms with E-state index in [-0.39, 0.29) is 12.2 Å². The molecule has 0 aliphatic heterocycles. The summed E-state index contributed by atoms with van der Waals surface area (Å²) in [4.78, 5) is 26.1. The highest BCUT2D eigenvalue weighted by Gasteiger charge is 2.27. The number of H-pyrrole nitrogens is 1. The number of benzene rings is 1. The van der Waals surface area contributed by atoms with E-state index in [9.17, 15) is 19.8 Å². The van der Waals surface area contributed by atoms with Gasteiger partial charge in [0.25, 0.3) is 0 Å². The van der Waals surface area contributed by atoms with Crippen LogP contribution in [0.3, 0.4) is 0 Å². The van der Waals surface area contributed by atoms with Gasteiger partial charge in [0, 0.05) is 17.1 Å². The number of nitrogens with one attached hydrogen (secondary N) is 1. The second kappa shape index (κ2) is 6.59. The first-order valence-corrected chi connectivity index (χ1v) is 6.71. The van der Waals surface area contributed by atoms with Crippen molar-refractivity contribution in [1.82, 2.24) is 4.98 Å². The molecule has 2 unspecified atom stereocenters. The van der Waals surface area contributed by atoms with Crippen molar-refractivity contribution in [3.8, 4) is 0 Å². The summed E-state index contributed by atoms with van der Waals surface area (Å²) in [6.45, 7) is 1.71. The number of aromatic nitrogens is 1. The standard InChI is InChI=1S/C15H17NO6/c1-3-22-15(20)13(18)12(17)8-4-5-11-9(6-8)10(7-16-11)14(19)21-2/h4-7,12-13,16-18H,3H2,1-2H3. The predicted molar refractivity (Wildman–Crippen MR) is 77.2 cm³/mol. The fraction of sp³-hybridized carbons (Fsp3) is 0.333. The lowest BCUT2D eigenvalue weighted by atomic mass is 10.0. The van der Waals surface area contributed by atoms with E-state index in [2.05, 4.69) is 14.5 Å². The smallest absolute Gasteiger partial charge is 0.340 e. The molecule has 1 aromatic carbocycles. The van der Waals surface area contributed by atoms with E-state index >= 15 is 0 Å². The largest absolute Gasteiger partial charge is 0.465 e. The summed E-state index contributed by atoms with van der Waals surface area (Å²) in [6, 6.07) is 4.70. The summed E-state index contributed by atoms with van der Waals surface area (Å²) in [5.74, 6) is -1.43. The van der Waals surface area contributed by atoms with Gasteiger partial charge in [0.15, 0.2) is 6.10 Å². The average molecular weight is 307 g/mol. The van der Waals surface area contributed by atoms with Gasteiger partial charge in [0.1, 0.15) is 6.10 Å². The molecule has 7 heteroatoms. The van der Waals surface area contributed by atoms with E-state index in [0.29, 0.717) is 16.5 Å². The summed E-state index contributed by atoms with van der Waals surface area (Å²) < 4.78 is 9.34. The first-order chi connectivity index (χ1) is 10.5. The third-order valence-electron chi connectivity index (χ3n) is 3.28. The molecule has 0 saturated carbocycles. The molecule has 2 aromatic rings. The number of aliphatic hydroxyl groups is 2. The van der Waals surface area contributed by atoms with Gasteiger partial charge in [0.2, 0.25) is 0 Å². The Morgan fingerprint density at radius 1 is 1.32 bits per heavy atom. The molecule has 1 heterocycles. The maximum atomic E-state index is 11.7. The quantitative estimate of drug-likeness (QED) is 0.709. The minimum absolute atomic E-state index is 0.103. The highest BCUT2D eigenvalue weighted by Crippen LogP contribution is 2.25. The van der Waals surface area contributed by atoms with Gasteiger partial charge in [0.05, 0.1) is 19.3 Å². The Hall–Kier alpha value is -2.38. The SMILES string of the molecule is CCOC(=O)C(O)C(O)c1ccc2[nH]cc(C(=O)OC)c2c1. The number of aromatic amines is 1. The Morgan fingerprint density at radius 3 is 2.68 bits per heavy atom. The van der Waals surface area contributed by atoms with Crippen LogP contribution >= 0.6 is 0 Å². The molecule has 0 bridgehead atoms. The van der Waals surface area contributed by atoms with Crippen LogP contribution in [0.4, 0.5) is 0 Å². The number of hydrogen-bond donors (Lipinski definition) is 3. The first kappa shape index (κ1) is 16.0.